The molecular formula is C23H20FNO3S. The highest BCUT2D eigenvalue weighted by molar-refractivity contribution is 7.15. The number of carbonyl (C=O) groups is 2. The van der Waals surface area contributed by atoms with E-state index in [0.717, 1.165) is 5.56 Å². The number of amides is 1. The zero-order chi connectivity index (χ0) is 20.8. The lowest BCUT2D eigenvalue weighted by molar-refractivity contribution is -0.119. The summed E-state index contributed by atoms with van der Waals surface area (Å²) in [4.78, 5) is 26.5. The van der Waals surface area contributed by atoms with Gasteiger partial charge in [0.25, 0.3) is 0 Å². The van der Waals surface area contributed by atoms with E-state index in [4.69, 9.17) is 4.74 Å². The Morgan fingerprint density at radius 1 is 1.10 bits per heavy atom. The molecule has 0 saturated heterocycles. The number of Topliss-reactive ketones (excluding diaryl/α,β-unsaturated/α-hetero) is 1. The third kappa shape index (κ3) is 3.04. The number of ketones is 1. The van der Waals surface area contributed by atoms with Crippen molar-refractivity contribution in [1.29, 1.82) is 0 Å². The third-order valence-electron chi connectivity index (χ3n) is 5.31. The van der Waals surface area contributed by atoms with E-state index in [1.807, 2.05) is 13.8 Å². The molecule has 6 heteroatoms. The van der Waals surface area contributed by atoms with Crippen LogP contribution < -0.4 is 10.1 Å². The number of hydrogen-bond acceptors (Lipinski definition) is 4. The van der Waals surface area contributed by atoms with E-state index in [2.05, 4.69) is 5.32 Å². The van der Waals surface area contributed by atoms with Gasteiger partial charge in [0.1, 0.15) is 22.0 Å². The Hall–Kier alpha value is -2.99. The standard InChI is InChI=1S/C23H20FNO3S/c1-4-28-15-8-6-14(7-9-15)23(3)20(26)19-17(12-29-21(19)25-22(23)27)16-10-5-13(2)11-18(16)24/h5-12H,4H2,1-3H3,(H,25,27). The van der Waals surface area contributed by atoms with Crippen molar-refractivity contribution >= 4 is 28.0 Å². The van der Waals surface area contributed by atoms with E-state index in [9.17, 15) is 14.0 Å². The number of thiophene rings is 1. The average molecular weight is 409 g/mol. The molecule has 1 aliphatic heterocycles. The molecule has 0 spiro atoms. The number of hydrogen-bond donors (Lipinski definition) is 1. The molecule has 0 aliphatic carbocycles. The summed E-state index contributed by atoms with van der Waals surface area (Å²) in [5, 5.41) is 5.02. The molecule has 148 valence electrons. The summed E-state index contributed by atoms with van der Waals surface area (Å²) in [6, 6.07) is 11.9. The van der Waals surface area contributed by atoms with Crippen LogP contribution in [0.2, 0.25) is 0 Å². The second kappa shape index (κ2) is 7.12. The fourth-order valence-corrected chi connectivity index (χ4v) is 4.56. The highest BCUT2D eigenvalue weighted by Gasteiger charge is 2.49. The predicted octanol–water partition coefficient (Wildman–Crippen LogP) is 5.35. The molecule has 4 nitrogen and oxygen atoms in total. The van der Waals surface area contributed by atoms with Crippen LogP contribution in [0.15, 0.2) is 47.8 Å². The first-order chi connectivity index (χ1) is 13.9. The number of anilines is 1. The molecule has 0 fully saturated rings. The number of carbonyl (C=O) groups excluding carboxylic acids is 2. The average Bonchev–Trinajstić information content (AvgIpc) is 3.10. The van der Waals surface area contributed by atoms with Crippen molar-refractivity contribution in [3.63, 3.8) is 0 Å². The van der Waals surface area contributed by atoms with Crippen LogP contribution in [0.3, 0.4) is 0 Å². The third-order valence-corrected chi connectivity index (χ3v) is 6.21. The van der Waals surface area contributed by atoms with Crippen LogP contribution in [-0.4, -0.2) is 18.3 Å². The molecule has 2 aromatic carbocycles. The van der Waals surface area contributed by atoms with Crippen LogP contribution >= 0.6 is 11.3 Å². The Morgan fingerprint density at radius 3 is 2.48 bits per heavy atom. The summed E-state index contributed by atoms with van der Waals surface area (Å²) in [6.45, 7) is 5.83. The lowest BCUT2D eigenvalue weighted by Crippen LogP contribution is -2.48. The zero-order valence-corrected chi connectivity index (χ0v) is 17.2. The smallest absolute Gasteiger partial charge is 0.243 e. The second-order valence-electron chi connectivity index (χ2n) is 7.20. The number of ether oxygens (including phenoxy) is 1. The fraction of sp³-hybridized carbons (Fsp3) is 0.217. The summed E-state index contributed by atoms with van der Waals surface area (Å²) in [5.74, 6) is -0.450. The summed E-state index contributed by atoms with van der Waals surface area (Å²) >= 11 is 1.23. The number of aryl methyl sites for hydroxylation is 1. The van der Waals surface area contributed by atoms with E-state index in [1.165, 1.54) is 17.4 Å². The van der Waals surface area contributed by atoms with Gasteiger partial charge in [-0.2, -0.15) is 0 Å². The van der Waals surface area contributed by atoms with Gasteiger partial charge in [-0.25, -0.2) is 4.39 Å². The van der Waals surface area contributed by atoms with Crippen molar-refractivity contribution in [3.05, 3.63) is 70.4 Å². The maximum absolute atomic E-state index is 14.6. The van der Waals surface area contributed by atoms with Gasteiger partial charge in [-0.3, -0.25) is 9.59 Å². The van der Waals surface area contributed by atoms with Crippen LogP contribution in [0.1, 0.15) is 35.3 Å². The molecule has 1 aromatic heterocycles. The number of fused-ring (bicyclic) bond motifs is 1. The molecule has 0 radical (unpaired) electrons. The topological polar surface area (TPSA) is 55.4 Å². The Morgan fingerprint density at radius 2 is 1.83 bits per heavy atom. The van der Waals surface area contributed by atoms with E-state index in [1.54, 1.807) is 48.7 Å². The van der Waals surface area contributed by atoms with Crippen molar-refractivity contribution in [2.45, 2.75) is 26.2 Å². The van der Waals surface area contributed by atoms with Gasteiger partial charge < -0.3 is 10.1 Å². The van der Waals surface area contributed by atoms with Crippen LogP contribution in [0.4, 0.5) is 9.39 Å². The Bertz CT molecular complexity index is 1120. The molecule has 1 amide bonds. The summed E-state index contributed by atoms with van der Waals surface area (Å²) in [7, 11) is 0. The highest BCUT2D eigenvalue weighted by Crippen LogP contribution is 2.45. The molecule has 1 atom stereocenters. The highest BCUT2D eigenvalue weighted by atomic mass is 32.1. The summed E-state index contributed by atoms with van der Waals surface area (Å²) < 4.78 is 20.1. The summed E-state index contributed by atoms with van der Waals surface area (Å²) in [5.41, 5.74) is 1.17. The van der Waals surface area contributed by atoms with Crippen molar-refractivity contribution < 1.29 is 18.7 Å². The van der Waals surface area contributed by atoms with Gasteiger partial charge in [-0.1, -0.05) is 24.3 Å². The molecule has 0 bridgehead atoms. The molecule has 2 heterocycles. The van der Waals surface area contributed by atoms with Gasteiger partial charge >= 0.3 is 0 Å². The minimum absolute atomic E-state index is 0.336. The number of rotatable bonds is 4. The molecule has 1 N–H and O–H groups in total. The molecule has 0 saturated carbocycles. The summed E-state index contributed by atoms with van der Waals surface area (Å²) in [6.07, 6.45) is 0. The minimum Gasteiger partial charge on any atom is -0.494 e. The van der Waals surface area contributed by atoms with Gasteiger partial charge in [-0.05, 0) is 50.1 Å². The number of benzene rings is 2. The van der Waals surface area contributed by atoms with E-state index >= 15 is 0 Å². The Labute approximate surface area is 172 Å². The first-order valence-corrected chi connectivity index (χ1v) is 10.2. The maximum Gasteiger partial charge on any atom is 0.243 e. The van der Waals surface area contributed by atoms with Crippen LogP contribution in [0.5, 0.6) is 5.75 Å². The monoisotopic (exact) mass is 409 g/mol. The lowest BCUT2D eigenvalue weighted by atomic mass is 9.73. The lowest BCUT2D eigenvalue weighted by Gasteiger charge is -2.32. The predicted molar refractivity (Wildman–Crippen MR) is 112 cm³/mol. The normalized spacial score (nSPS) is 18.3. The largest absolute Gasteiger partial charge is 0.494 e. The molecular weight excluding hydrogens is 389 g/mol. The molecule has 4 rings (SSSR count). The number of nitrogens with one attached hydrogen (secondary N) is 1. The van der Waals surface area contributed by atoms with Crippen molar-refractivity contribution in [3.8, 4) is 16.9 Å². The van der Waals surface area contributed by atoms with Crippen molar-refractivity contribution in [1.82, 2.24) is 0 Å². The van der Waals surface area contributed by atoms with Gasteiger partial charge in [0.15, 0.2) is 5.78 Å². The molecule has 1 unspecified atom stereocenters. The zero-order valence-electron chi connectivity index (χ0n) is 16.3. The van der Waals surface area contributed by atoms with Gasteiger partial charge in [-0.15, -0.1) is 11.3 Å². The fourth-order valence-electron chi connectivity index (χ4n) is 3.61. The van der Waals surface area contributed by atoms with Gasteiger partial charge in [0, 0.05) is 16.5 Å². The van der Waals surface area contributed by atoms with Crippen molar-refractivity contribution in [2.24, 2.45) is 0 Å². The minimum atomic E-state index is -1.41. The first kappa shape index (κ1) is 19.3. The molecule has 1 aliphatic rings. The van der Waals surface area contributed by atoms with Gasteiger partial charge in [0.2, 0.25) is 5.91 Å². The van der Waals surface area contributed by atoms with E-state index in [-0.39, 0.29) is 5.78 Å². The quantitative estimate of drug-likeness (QED) is 0.591. The Kier molecular flexibility index (Phi) is 4.74. The van der Waals surface area contributed by atoms with Crippen molar-refractivity contribution in [2.75, 3.05) is 11.9 Å². The van der Waals surface area contributed by atoms with E-state index in [0.29, 0.717) is 39.6 Å². The van der Waals surface area contributed by atoms with Crippen LogP contribution in [0, 0.1) is 12.7 Å². The maximum atomic E-state index is 14.6. The second-order valence-corrected chi connectivity index (χ2v) is 8.08. The number of halogens is 1. The van der Waals surface area contributed by atoms with E-state index < -0.39 is 17.1 Å². The molecule has 3 aromatic rings. The first-order valence-electron chi connectivity index (χ1n) is 9.34. The Balaban J connectivity index is 1.82. The van der Waals surface area contributed by atoms with Crippen LogP contribution in [-0.2, 0) is 10.2 Å². The SMILES string of the molecule is CCOc1ccc(C2(C)C(=O)Nc3scc(-c4ccc(C)cc4F)c3C2=O)cc1. The van der Waals surface area contributed by atoms with Gasteiger partial charge in [0.05, 0.1) is 12.2 Å². The molecule has 29 heavy (non-hydrogen) atoms. The van der Waals surface area contributed by atoms with Crippen LogP contribution in [0.25, 0.3) is 11.1 Å².